The highest BCUT2D eigenvalue weighted by Gasteiger charge is 2.46. The predicted molar refractivity (Wildman–Crippen MR) is 132 cm³/mol. The van der Waals surface area contributed by atoms with Crippen LogP contribution in [0.15, 0.2) is 24.3 Å². The Morgan fingerprint density at radius 1 is 1.12 bits per heavy atom. The number of fused-ring (bicyclic) bond motifs is 5. The highest BCUT2D eigenvalue weighted by molar-refractivity contribution is 6.68. The Balaban J connectivity index is 1.65. The fraction of sp³-hybridized carbons (Fsp3) is 0.417. The van der Waals surface area contributed by atoms with E-state index < -0.39 is 9.83 Å². The van der Waals surface area contributed by atoms with Gasteiger partial charge in [-0.05, 0) is 54.7 Å². The number of halogens is 4. The molecular weight excluding hydrogens is 508 g/mol. The monoisotopic (exact) mass is 529 g/mol. The minimum absolute atomic E-state index is 0.227. The first-order valence-corrected chi connectivity index (χ1v) is 12.5. The van der Waals surface area contributed by atoms with Crippen LogP contribution in [-0.2, 0) is 6.42 Å². The average molecular weight is 531 g/mol. The summed E-state index contributed by atoms with van der Waals surface area (Å²) in [5, 5.41) is 0. The molecule has 0 aromatic heterocycles. The molecule has 0 N–H and O–H groups in total. The van der Waals surface area contributed by atoms with E-state index in [4.69, 9.17) is 65.4 Å². The SMILES string of the molecule is COc1ccc2c(c1OCCCCCl)[C@@H](C(Cl)(Cl)Cl)N1CCc3cc4c(cc3C1=C2)OCO4. The highest BCUT2D eigenvalue weighted by Crippen LogP contribution is 2.56. The number of unbranched alkanes of at least 4 members (excludes halogenated alkanes) is 1. The van der Waals surface area contributed by atoms with Crippen molar-refractivity contribution in [3.8, 4) is 23.0 Å². The summed E-state index contributed by atoms with van der Waals surface area (Å²) in [6.07, 6.45) is 4.58. The van der Waals surface area contributed by atoms with E-state index in [1.165, 1.54) is 5.56 Å². The Kier molecular flexibility index (Phi) is 6.43. The normalized spacial score (nSPS) is 18.3. The molecule has 0 fully saturated rings. The van der Waals surface area contributed by atoms with Gasteiger partial charge < -0.3 is 23.8 Å². The maximum absolute atomic E-state index is 6.64. The number of alkyl halides is 4. The summed E-state index contributed by atoms with van der Waals surface area (Å²) in [5.74, 6) is 3.30. The molecule has 0 spiro atoms. The van der Waals surface area contributed by atoms with Crippen LogP contribution in [0.3, 0.4) is 0 Å². The van der Waals surface area contributed by atoms with Gasteiger partial charge in [0.05, 0.1) is 13.7 Å². The first-order chi connectivity index (χ1) is 15.9. The van der Waals surface area contributed by atoms with Crippen LogP contribution < -0.4 is 18.9 Å². The summed E-state index contributed by atoms with van der Waals surface area (Å²) in [6, 6.07) is 7.38. The zero-order chi connectivity index (χ0) is 23.2. The van der Waals surface area contributed by atoms with Crippen LogP contribution in [0.1, 0.15) is 41.1 Å². The van der Waals surface area contributed by atoms with Crippen LogP contribution in [0.2, 0.25) is 0 Å². The van der Waals surface area contributed by atoms with Crippen molar-refractivity contribution in [1.29, 1.82) is 0 Å². The average Bonchev–Trinajstić information content (AvgIpc) is 3.25. The number of benzene rings is 2. The van der Waals surface area contributed by atoms with Gasteiger partial charge in [-0.15, -0.1) is 11.6 Å². The van der Waals surface area contributed by atoms with Gasteiger partial charge in [0.1, 0.15) is 6.04 Å². The van der Waals surface area contributed by atoms with Crippen molar-refractivity contribution in [2.75, 3.05) is 32.9 Å². The molecule has 0 bridgehead atoms. The van der Waals surface area contributed by atoms with Crippen LogP contribution in [0.4, 0.5) is 0 Å². The lowest BCUT2D eigenvalue weighted by Gasteiger charge is -2.45. The van der Waals surface area contributed by atoms with Crippen molar-refractivity contribution in [2.45, 2.75) is 29.1 Å². The number of methoxy groups -OCH3 is 1. The van der Waals surface area contributed by atoms with E-state index in [1.807, 2.05) is 18.2 Å². The Hall–Kier alpha value is -1.66. The lowest BCUT2D eigenvalue weighted by atomic mass is 9.86. The summed E-state index contributed by atoms with van der Waals surface area (Å²) < 4.78 is 21.4. The molecular formula is C24H23Cl4NO4. The molecule has 0 unspecified atom stereocenters. The fourth-order valence-corrected chi connectivity index (χ4v) is 5.57. The molecule has 2 aromatic rings. The summed E-state index contributed by atoms with van der Waals surface area (Å²) in [4.78, 5) is 2.14. The third-order valence-electron chi connectivity index (χ3n) is 6.18. The third-order valence-corrected chi connectivity index (χ3v) is 7.07. The van der Waals surface area contributed by atoms with E-state index >= 15 is 0 Å². The second-order valence-corrected chi connectivity index (χ2v) is 10.9. The fourth-order valence-electron chi connectivity index (χ4n) is 4.70. The Morgan fingerprint density at radius 2 is 1.91 bits per heavy atom. The van der Waals surface area contributed by atoms with E-state index in [1.54, 1.807) is 7.11 Å². The molecule has 2 aromatic carbocycles. The van der Waals surface area contributed by atoms with Crippen molar-refractivity contribution in [2.24, 2.45) is 0 Å². The van der Waals surface area contributed by atoms with Crippen LogP contribution in [0.25, 0.3) is 11.8 Å². The molecule has 5 nitrogen and oxygen atoms in total. The van der Waals surface area contributed by atoms with Gasteiger partial charge in [0.25, 0.3) is 0 Å². The van der Waals surface area contributed by atoms with E-state index in [9.17, 15) is 0 Å². The molecule has 0 saturated heterocycles. The summed E-state index contributed by atoms with van der Waals surface area (Å²) >= 11 is 25.7. The molecule has 0 saturated carbocycles. The van der Waals surface area contributed by atoms with Gasteiger partial charge in [-0.1, -0.05) is 40.9 Å². The van der Waals surface area contributed by atoms with Gasteiger partial charge in [-0.25, -0.2) is 0 Å². The lowest BCUT2D eigenvalue weighted by Crippen LogP contribution is -2.41. The molecule has 1 atom stereocenters. The van der Waals surface area contributed by atoms with Crippen molar-refractivity contribution >= 4 is 58.2 Å². The molecule has 176 valence electrons. The smallest absolute Gasteiger partial charge is 0.231 e. The third kappa shape index (κ3) is 4.18. The number of nitrogens with zero attached hydrogens (tertiary/aromatic N) is 1. The molecule has 33 heavy (non-hydrogen) atoms. The van der Waals surface area contributed by atoms with E-state index in [-0.39, 0.29) is 6.79 Å². The minimum atomic E-state index is -1.61. The topological polar surface area (TPSA) is 40.2 Å². The molecule has 3 heterocycles. The molecule has 5 rings (SSSR count). The van der Waals surface area contributed by atoms with Gasteiger partial charge in [0, 0.05) is 29.2 Å². The van der Waals surface area contributed by atoms with Gasteiger partial charge in [0.15, 0.2) is 23.0 Å². The zero-order valence-corrected chi connectivity index (χ0v) is 21.0. The summed E-state index contributed by atoms with van der Waals surface area (Å²) in [5.41, 5.74) is 4.95. The zero-order valence-electron chi connectivity index (χ0n) is 18.0. The largest absolute Gasteiger partial charge is 0.493 e. The Bertz CT molecular complexity index is 1100. The number of rotatable bonds is 6. The maximum Gasteiger partial charge on any atom is 0.231 e. The molecule has 3 aliphatic rings. The molecule has 0 amide bonds. The summed E-state index contributed by atoms with van der Waals surface area (Å²) in [7, 11) is 1.61. The van der Waals surface area contributed by atoms with Crippen molar-refractivity contribution < 1.29 is 18.9 Å². The van der Waals surface area contributed by atoms with Crippen LogP contribution >= 0.6 is 46.4 Å². The molecule has 3 aliphatic heterocycles. The van der Waals surface area contributed by atoms with Gasteiger partial charge >= 0.3 is 0 Å². The molecule has 0 radical (unpaired) electrons. The predicted octanol–water partition coefficient (Wildman–Crippen LogP) is 6.60. The molecule has 9 heteroatoms. The number of hydrogen-bond donors (Lipinski definition) is 0. The van der Waals surface area contributed by atoms with E-state index in [2.05, 4.69) is 17.0 Å². The van der Waals surface area contributed by atoms with Crippen LogP contribution in [-0.4, -0.2) is 41.6 Å². The Morgan fingerprint density at radius 3 is 2.64 bits per heavy atom. The highest BCUT2D eigenvalue weighted by atomic mass is 35.6. The minimum Gasteiger partial charge on any atom is -0.493 e. The number of hydrogen-bond acceptors (Lipinski definition) is 5. The first-order valence-electron chi connectivity index (χ1n) is 10.8. The van der Waals surface area contributed by atoms with Crippen molar-refractivity contribution in [3.63, 3.8) is 0 Å². The molecule has 0 aliphatic carbocycles. The van der Waals surface area contributed by atoms with Gasteiger partial charge in [-0.3, -0.25) is 0 Å². The second kappa shape index (κ2) is 9.18. The van der Waals surface area contributed by atoms with Crippen LogP contribution in [0, 0.1) is 0 Å². The van der Waals surface area contributed by atoms with Crippen molar-refractivity contribution in [1.82, 2.24) is 4.90 Å². The Labute approximate surface area is 213 Å². The quantitative estimate of drug-likeness (QED) is 0.310. The standard InChI is InChI=1S/C24H23Cl4NO4/c1-30-18-5-4-15-10-17-16-12-20-19(32-13-33-20)11-14(16)6-8-29(17)23(24(26,27)28)21(15)22(18)31-9-3-2-7-25/h4-5,10-12,23H,2-3,6-9,13H2,1H3/t23-/m0/s1. The van der Waals surface area contributed by atoms with Gasteiger partial charge in [0.2, 0.25) is 10.6 Å². The van der Waals surface area contributed by atoms with E-state index in [0.717, 1.165) is 53.1 Å². The summed E-state index contributed by atoms with van der Waals surface area (Å²) in [6.45, 7) is 1.40. The van der Waals surface area contributed by atoms with E-state index in [0.29, 0.717) is 30.5 Å². The number of ether oxygens (including phenoxy) is 4. The lowest BCUT2D eigenvalue weighted by molar-refractivity contribution is 0.174. The van der Waals surface area contributed by atoms with Crippen molar-refractivity contribution in [3.05, 3.63) is 46.5 Å². The van der Waals surface area contributed by atoms with Crippen LogP contribution in [0.5, 0.6) is 23.0 Å². The first kappa shape index (κ1) is 23.1. The van der Waals surface area contributed by atoms with Gasteiger partial charge in [-0.2, -0.15) is 0 Å². The maximum atomic E-state index is 6.64. The second-order valence-electron chi connectivity index (χ2n) is 8.12.